The highest BCUT2D eigenvalue weighted by Crippen LogP contribution is 2.19. The van der Waals surface area contributed by atoms with Crippen LogP contribution >= 0.6 is 0 Å². The monoisotopic (exact) mass is 149 g/mol. The molecule has 11 heavy (non-hydrogen) atoms. The van der Waals surface area contributed by atoms with E-state index < -0.39 is 0 Å². The molecule has 0 bridgehead atoms. The summed E-state index contributed by atoms with van der Waals surface area (Å²) in [5.41, 5.74) is 6.80. The van der Waals surface area contributed by atoms with E-state index in [1.807, 2.05) is 19.9 Å². The second kappa shape index (κ2) is 2.75. The molecule has 0 aromatic rings. The average Bonchev–Trinajstić information content (AvgIpc) is 2.30. The van der Waals surface area contributed by atoms with Crippen LogP contribution in [0.2, 0.25) is 0 Å². The first-order chi connectivity index (χ1) is 5.16. The fourth-order valence-electron chi connectivity index (χ4n) is 1.09. The van der Waals surface area contributed by atoms with E-state index in [0.29, 0.717) is 17.2 Å². The molecule has 1 aliphatic rings. The molecule has 2 N–H and O–H groups in total. The molecule has 3 nitrogen and oxygen atoms in total. The van der Waals surface area contributed by atoms with Crippen LogP contribution in [0.4, 0.5) is 0 Å². The van der Waals surface area contributed by atoms with Crippen molar-refractivity contribution in [2.75, 3.05) is 0 Å². The Morgan fingerprint density at radius 3 is 2.64 bits per heavy atom. The highest BCUT2D eigenvalue weighted by Gasteiger charge is 2.21. The second-order valence-electron chi connectivity index (χ2n) is 2.95. The number of nitriles is 1. The van der Waals surface area contributed by atoms with Crippen molar-refractivity contribution in [3.63, 3.8) is 0 Å². The zero-order valence-corrected chi connectivity index (χ0v) is 6.70. The van der Waals surface area contributed by atoms with E-state index in [2.05, 4.69) is 4.99 Å². The molecule has 1 unspecified atom stereocenters. The Morgan fingerprint density at radius 2 is 2.36 bits per heavy atom. The van der Waals surface area contributed by atoms with Crippen LogP contribution in [0.1, 0.15) is 13.8 Å². The maximum absolute atomic E-state index is 8.56. The van der Waals surface area contributed by atoms with Crippen LogP contribution in [0, 0.1) is 17.2 Å². The molecular weight excluding hydrogens is 138 g/mol. The van der Waals surface area contributed by atoms with E-state index in [9.17, 15) is 0 Å². The van der Waals surface area contributed by atoms with Gasteiger partial charge in [0.25, 0.3) is 0 Å². The summed E-state index contributed by atoms with van der Waals surface area (Å²) in [6.45, 7) is 4.07. The first kappa shape index (κ1) is 7.80. The fraction of sp³-hybridized carbons (Fsp3) is 0.500. The van der Waals surface area contributed by atoms with E-state index in [-0.39, 0.29) is 6.04 Å². The van der Waals surface area contributed by atoms with Crippen molar-refractivity contribution in [1.29, 1.82) is 5.26 Å². The molecule has 0 saturated heterocycles. The summed E-state index contributed by atoms with van der Waals surface area (Å²) in [6, 6.07) is 2.02. The smallest absolute Gasteiger partial charge is 0.103 e. The summed E-state index contributed by atoms with van der Waals surface area (Å²) in [5.74, 6) is 0.372. The van der Waals surface area contributed by atoms with Gasteiger partial charge < -0.3 is 5.73 Å². The van der Waals surface area contributed by atoms with Gasteiger partial charge >= 0.3 is 0 Å². The Bertz CT molecular complexity index is 255. The van der Waals surface area contributed by atoms with E-state index in [1.54, 1.807) is 6.21 Å². The van der Waals surface area contributed by atoms with Crippen molar-refractivity contribution in [1.82, 2.24) is 0 Å². The van der Waals surface area contributed by atoms with Gasteiger partial charge in [0.05, 0.1) is 17.3 Å². The normalized spacial score (nSPS) is 22.9. The largest absolute Gasteiger partial charge is 0.399 e. The third-order valence-electron chi connectivity index (χ3n) is 1.75. The highest BCUT2D eigenvalue weighted by molar-refractivity contribution is 5.87. The standard InChI is InChI=1S/C8H11N3/c1-5(2)8-7(10)6(3-9)4-11-8/h4-5,8H,10H2,1-2H3. The van der Waals surface area contributed by atoms with E-state index >= 15 is 0 Å². The molecule has 3 heteroatoms. The first-order valence-corrected chi connectivity index (χ1v) is 3.59. The van der Waals surface area contributed by atoms with Crippen molar-refractivity contribution in [3.8, 4) is 6.07 Å². The van der Waals surface area contributed by atoms with E-state index in [1.165, 1.54) is 0 Å². The molecule has 0 spiro atoms. The van der Waals surface area contributed by atoms with Gasteiger partial charge in [0.15, 0.2) is 0 Å². The minimum Gasteiger partial charge on any atom is -0.399 e. The van der Waals surface area contributed by atoms with Crippen LogP contribution in [0.3, 0.4) is 0 Å². The first-order valence-electron chi connectivity index (χ1n) is 3.59. The fourth-order valence-corrected chi connectivity index (χ4v) is 1.09. The molecule has 0 radical (unpaired) electrons. The molecule has 0 aliphatic carbocycles. The van der Waals surface area contributed by atoms with Gasteiger partial charge in [-0.05, 0) is 5.92 Å². The minimum atomic E-state index is 0.0182. The molecule has 0 saturated carbocycles. The number of rotatable bonds is 1. The van der Waals surface area contributed by atoms with Crippen molar-refractivity contribution in [2.24, 2.45) is 16.6 Å². The van der Waals surface area contributed by atoms with Crippen LogP contribution in [0.25, 0.3) is 0 Å². The number of aliphatic imine (C=N–C) groups is 1. The zero-order valence-electron chi connectivity index (χ0n) is 6.70. The molecule has 58 valence electrons. The molecule has 0 aromatic carbocycles. The molecule has 0 fully saturated rings. The number of hydrogen-bond acceptors (Lipinski definition) is 3. The molecule has 0 amide bonds. The van der Waals surface area contributed by atoms with Gasteiger partial charge in [0.1, 0.15) is 6.07 Å². The lowest BCUT2D eigenvalue weighted by Crippen LogP contribution is -2.19. The molecule has 1 aliphatic heterocycles. The minimum absolute atomic E-state index is 0.0182. The SMILES string of the molecule is CC(C)C1N=CC(C#N)=C1N. The van der Waals surface area contributed by atoms with Gasteiger partial charge in [-0.3, -0.25) is 4.99 Å². The van der Waals surface area contributed by atoms with Gasteiger partial charge in [-0.15, -0.1) is 0 Å². The second-order valence-corrected chi connectivity index (χ2v) is 2.95. The summed E-state index contributed by atoms with van der Waals surface area (Å²) in [4.78, 5) is 4.12. The quantitative estimate of drug-likeness (QED) is 0.600. The number of hydrogen-bond donors (Lipinski definition) is 1. The maximum Gasteiger partial charge on any atom is 0.103 e. The van der Waals surface area contributed by atoms with Gasteiger partial charge in [0.2, 0.25) is 0 Å². The summed E-state index contributed by atoms with van der Waals surface area (Å²) >= 11 is 0. The molecule has 1 heterocycles. The van der Waals surface area contributed by atoms with Gasteiger partial charge in [-0.1, -0.05) is 13.8 Å². The topological polar surface area (TPSA) is 62.2 Å². The Hall–Kier alpha value is -1.30. The van der Waals surface area contributed by atoms with Gasteiger partial charge in [-0.25, -0.2) is 0 Å². The highest BCUT2D eigenvalue weighted by atomic mass is 14.9. The lowest BCUT2D eigenvalue weighted by Gasteiger charge is -2.12. The Morgan fingerprint density at radius 1 is 1.73 bits per heavy atom. The van der Waals surface area contributed by atoms with E-state index in [0.717, 1.165) is 0 Å². The summed E-state index contributed by atoms with van der Waals surface area (Å²) in [6.07, 6.45) is 1.56. The Labute approximate surface area is 66.2 Å². The number of nitrogens with two attached hydrogens (primary N) is 1. The molecule has 1 atom stereocenters. The van der Waals surface area contributed by atoms with Crippen LogP contribution < -0.4 is 5.73 Å². The summed E-state index contributed by atoms with van der Waals surface area (Å²) in [7, 11) is 0. The maximum atomic E-state index is 8.56. The lowest BCUT2D eigenvalue weighted by atomic mass is 10.0. The van der Waals surface area contributed by atoms with Crippen LogP contribution in [0.15, 0.2) is 16.3 Å². The Kier molecular flexibility index (Phi) is 1.95. The van der Waals surface area contributed by atoms with Crippen molar-refractivity contribution < 1.29 is 0 Å². The third kappa shape index (κ3) is 1.25. The average molecular weight is 149 g/mol. The molecule has 0 aromatic heterocycles. The van der Waals surface area contributed by atoms with Gasteiger partial charge in [0, 0.05) is 6.21 Å². The van der Waals surface area contributed by atoms with E-state index in [4.69, 9.17) is 11.0 Å². The number of nitrogens with zero attached hydrogens (tertiary/aromatic N) is 2. The molecule has 1 rings (SSSR count). The van der Waals surface area contributed by atoms with Crippen molar-refractivity contribution >= 4 is 6.21 Å². The predicted molar refractivity (Wildman–Crippen MR) is 43.9 cm³/mol. The van der Waals surface area contributed by atoms with Crippen LogP contribution in [0.5, 0.6) is 0 Å². The van der Waals surface area contributed by atoms with Crippen molar-refractivity contribution in [2.45, 2.75) is 19.9 Å². The summed E-state index contributed by atoms with van der Waals surface area (Å²) < 4.78 is 0. The van der Waals surface area contributed by atoms with Gasteiger partial charge in [-0.2, -0.15) is 5.26 Å². The number of allylic oxidation sites excluding steroid dienone is 1. The third-order valence-corrected chi connectivity index (χ3v) is 1.75. The van der Waals surface area contributed by atoms with Crippen LogP contribution in [-0.4, -0.2) is 12.3 Å². The zero-order chi connectivity index (χ0) is 8.43. The molecular formula is C8H11N3. The lowest BCUT2D eigenvalue weighted by molar-refractivity contribution is 0.554. The Balaban J connectivity index is 2.89. The predicted octanol–water partition coefficient (Wildman–Crippen LogP) is 0.832. The van der Waals surface area contributed by atoms with Crippen molar-refractivity contribution in [3.05, 3.63) is 11.3 Å². The van der Waals surface area contributed by atoms with Crippen LogP contribution in [-0.2, 0) is 0 Å². The summed E-state index contributed by atoms with van der Waals surface area (Å²) in [5, 5.41) is 8.56.